The van der Waals surface area contributed by atoms with Gasteiger partial charge in [-0.1, -0.05) is 12.1 Å². The van der Waals surface area contributed by atoms with Crippen molar-refractivity contribution in [3.8, 4) is 0 Å². The third kappa shape index (κ3) is 6.37. The quantitative estimate of drug-likeness (QED) is 0.577. The summed E-state index contributed by atoms with van der Waals surface area (Å²) < 4.78 is 52.4. The zero-order chi connectivity index (χ0) is 21.9. The van der Waals surface area contributed by atoms with Gasteiger partial charge in [-0.15, -0.1) is 0 Å². The van der Waals surface area contributed by atoms with Crippen molar-refractivity contribution >= 4 is 37.1 Å². The van der Waals surface area contributed by atoms with Crippen LogP contribution in [0.5, 0.6) is 0 Å². The van der Waals surface area contributed by atoms with Gasteiger partial charge in [-0.05, 0) is 76.6 Å². The molecule has 0 fully saturated rings. The van der Waals surface area contributed by atoms with E-state index in [1.807, 2.05) is 12.1 Å². The Morgan fingerprint density at radius 3 is 1.69 bits per heavy atom. The van der Waals surface area contributed by atoms with Gasteiger partial charge in [0, 0.05) is 23.6 Å². The molecule has 3 N–H and O–H groups in total. The number of rotatable bonds is 8. The van der Waals surface area contributed by atoms with E-state index in [9.17, 15) is 16.8 Å². The van der Waals surface area contributed by atoms with Crippen molar-refractivity contribution in [3.05, 3.63) is 54.1 Å². The smallest absolute Gasteiger partial charge is 0.237 e. The molecule has 0 saturated carbocycles. The van der Waals surface area contributed by atoms with Crippen LogP contribution in [0.15, 0.2) is 48.5 Å². The Morgan fingerprint density at radius 2 is 1.21 bits per heavy atom. The molecule has 0 bridgehead atoms. The third-order valence-electron chi connectivity index (χ3n) is 4.27. The van der Waals surface area contributed by atoms with Crippen LogP contribution in [0.3, 0.4) is 0 Å². The minimum atomic E-state index is -3.46. The molecule has 0 aliphatic rings. The summed E-state index contributed by atoms with van der Waals surface area (Å²) >= 11 is 0. The molecule has 2 aromatic carbocycles. The molecule has 0 spiro atoms. The van der Waals surface area contributed by atoms with Crippen LogP contribution < -0.4 is 14.8 Å². The molecule has 9 heteroatoms. The first-order chi connectivity index (χ1) is 13.3. The summed E-state index contributed by atoms with van der Waals surface area (Å²) in [5, 5.41) is 2.75. The zero-order valence-electron chi connectivity index (χ0n) is 17.4. The van der Waals surface area contributed by atoms with E-state index in [1.54, 1.807) is 71.0 Å². The summed E-state index contributed by atoms with van der Waals surface area (Å²) in [5.41, 5.74) is 2.86. The second kappa shape index (κ2) is 8.62. The summed E-state index contributed by atoms with van der Waals surface area (Å²) in [6, 6.07) is 14.1. The number of benzene rings is 2. The first-order valence-corrected chi connectivity index (χ1v) is 12.3. The highest BCUT2D eigenvalue weighted by molar-refractivity contribution is 7.94. The van der Waals surface area contributed by atoms with E-state index in [1.165, 1.54) is 0 Å². The van der Waals surface area contributed by atoms with Crippen LogP contribution >= 0.6 is 0 Å². The fourth-order valence-corrected chi connectivity index (χ4v) is 3.59. The van der Waals surface area contributed by atoms with E-state index in [0.717, 1.165) is 11.3 Å². The summed E-state index contributed by atoms with van der Waals surface area (Å²) in [4.78, 5) is 0. The van der Waals surface area contributed by atoms with Crippen molar-refractivity contribution in [1.29, 1.82) is 0 Å². The van der Waals surface area contributed by atoms with Gasteiger partial charge < -0.3 is 5.32 Å². The molecule has 7 nitrogen and oxygen atoms in total. The first-order valence-electron chi connectivity index (χ1n) is 9.27. The molecular formula is C20H29N3O4S2. The minimum absolute atomic E-state index is 0.500. The van der Waals surface area contributed by atoms with Gasteiger partial charge in [0.2, 0.25) is 20.0 Å². The van der Waals surface area contributed by atoms with Gasteiger partial charge in [-0.3, -0.25) is 9.44 Å². The average molecular weight is 440 g/mol. The standard InChI is InChI=1S/C20H29N3O4S2/c1-15(2)28(24,25)22-18-8-6-16(7-9-18)14-21-17-10-12-19(13-11-17)23-29(26,27)20(3,4)5/h6-13,15,21-23H,14H2,1-5H3. The van der Waals surface area contributed by atoms with Crippen molar-refractivity contribution in [2.75, 3.05) is 14.8 Å². The number of sulfonamides is 2. The van der Waals surface area contributed by atoms with Gasteiger partial charge in [0.1, 0.15) is 0 Å². The maximum absolute atomic E-state index is 12.2. The number of hydrogen-bond donors (Lipinski definition) is 3. The molecule has 160 valence electrons. The third-order valence-corrected chi connectivity index (χ3v) is 8.15. The lowest BCUT2D eigenvalue weighted by Crippen LogP contribution is -2.33. The van der Waals surface area contributed by atoms with Crippen LogP contribution in [-0.4, -0.2) is 26.8 Å². The Bertz CT molecular complexity index is 1020. The molecule has 0 aliphatic carbocycles. The molecule has 0 amide bonds. The van der Waals surface area contributed by atoms with Gasteiger partial charge in [-0.25, -0.2) is 16.8 Å². The van der Waals surface area contributed by atoms with Gasteiger partial charge >= 0.3 is 0 Å². The van der Waals surface area contributed by atoms with Crippen LogP contribution in [-0.2, 0) is 26.6 Å². The number of nitrogens with one attached hydrogen (secondary N) is 3. The topological polar surface area (TPSA) is 104 Å². The van der Waals surface area contributed by atoms with Gasteiger partial charge in [-0.2, -0.15) is 0 Å². The molecule has 0 heterocycles. The van der Waals surface area contributed by atoms with E-state index in [-0.39, 0.29) is 0 Å². The molecule has 29 heavy (non-hydrogen) atoms. The molecule has 0 atom stereocenters. The molecule has 0 unspecified atom stereocenters. The van der Waals surface area contributed by atoms with E-state index < -0.39 is 30.0 Å². The zero-order valence-corrected chi connectivity index (χ0v) is 19.0. The van der Waals surface area contributed by atoms with Crippen molar-refractivity contribution < 1.29 is 16.8 Å². The van der Waals surface area contributed by atoms with E-state index in [4.69, 9.17) is 0 Å². The maximum Gasteiger partial charge on any atom is 0.237 e. The monoisotopic (exact) mass is 439 g/mol. The van der Waals surface area contributed by atoms with Crippen LogP contribution in [0.4, 0.5) is 17.1 Å². The highest BCUT2D eigenvalue weighted by Gasteiger charge is 2.28. The Labute approximate surface area is 174 Å². The van der Waals surface area contributed by atoms with E-state index >= 15 is 0 Å². The minimum Gasteiger partial charge on any atom is -0.381 e. The highest BCUT2D eigenvalue weighted by atomic mass is 32.2. The Kier molecular flexibility index (Phi) is 6.85. The average Bonchev–Trinajstić information content (AvgIpc) is 2.61. The predicted molar refractivity (Wildman–Crippen MR) is 120 cm³/mol. The van der Waals surface area contributed by atoms with Gasteiger partial charge in [0.25, 0.3) is 0 Å². The maximum atomic E-state index is 12.2. The lowest BCUT2D eigenvalue weighted by Gasteiger charge is -2.20. The summed E-state index contributed by atoms with van der Waals surface area (Å²) in [7, 11) is -6.82. The predicted octanol–water partition coefficient (Wildman–Crippen LogP) is 3.99. The second-order valence-electron chi connectivity index (χ2n) is 8.04. The van der Waals surface area contributed by atoms with Crippen molar-refractivity contribution in [2.24, 2.45) is 0 Å². The summed E-state index contributed by atoms with van der Waals surface area (Å²) in [6.45, 7) is 8.73. The Hall–Kier alpha value is -2.26. The fourth-order valence-electron chi connectivity index (χ4n) is 2.14. The van der Waals surface area contributed by atoms with E-state index in [0.29, 0.717) is 17.9 Å². The van der Waals surface area contributed by atoms with E-state index in [2.05, 4.69) is 14.8 Å². The number of hydrogen-bond acceptors (Lipinski definition) is 5. The highest BCUT2D eigenvalue weighted by Crippen LogP contribution is 2.21. The largest absolute Gasteiger partial charge is 0.381 e. The number of anilines is 3. The molecule has 2 aromatic rings. The Morgan fingerprint density at radius 1 is 0.759 bits per heavy atom. The van der Waals surface area contributed by atoms with Crippen LogP contribution in [0.1, 0.15) is 40.2 Å². The fraction of sp³-hybridized carbons (Fsp3) is 0.400. The molecular weight excluding hydrogens is 410 g/mol. The SMILES string of the molecule is CC(C)S(=O)(=O)Nc1ccc(CNc2ccc(NS(=O)(=O)C(C)(C)C)cc2)cc1. The lowest BCUT2D eigenvalue weighted by atomic mass is 10.2. The summed E-state index contributed by atoms with van der Waals surface area (Å²) in [6.07, 6.45) is 0. The van der Waals surface area contributed by atoms with Gasteiger partial charge in [0.15, 0.2) is 0 Å². The van der Waals surface area contributed by atoms with Crippen LogP contribution in [0.25, 0.3) is 0 Å². The Balaban J connectivity index is 1.95. The van der Waals surface area contributed by atoms with Crippen molar-refractivity contribution in [3.63, 3.8) is 0 Å². The molecule has 0 radical (unpaired) electrons. The van der Waals surface area contributed by atoms with Gasteiger partial charge in [0.05, 0.1) is 10.00 Å². The van der Waals surface area contributed by atoms with Crippen molar-refractivity contribution in [1.82, 2.24) is 0 Å². The van der Waals surface area contributed by atoms with Crippen LogP contribution in [0, 0.1) is 0 Å². The molecule has 2 rings (SSSR count). The summed E-state index contributed by atoms with van der Waals surface area (Å²) in [5.74, 6) is 0. The van der Waals surface area contributed by atoms with Crippen LogP contribution in [0.2, 0.25) is 0 Å². The lowest BCUT2D eigenvalue weighted by molar-refractivity contribution is 0.566. The normalized spacial score (nSPS) is 12.6. The second-order valence-corrected chi connectivity index (χ2v) is 12.7. The molecule has 0 aliphatic heterocycles. The van der Waals surface area contributed by atoms with Crippen molar-refractivity contribution in [2.45, 2.75) is 51.2 Å². The molecule has 0 saturated heterocycles. The first kappa shape index (κ1) is 23.0. The molecule has 0 aromatic heterocycles.